The fraction of sp³-hybridized carbons (Fsp3) is 0.526. The molecule has 0 saturated heterocycles. The Labute approximate surface area is 137 Å². The Balaban J connectivity index is 2.23. The van der Waals surface area contributed by atoms with Gasteiger partial charge in [0.25, 0.3) is 5.56 Å². The Morgan fingerprint density at radius 1 is 1.04 bits per heavy atom. The molecule has 23 heavy (non-hydrogen) atoms. The average Bonchev–Trinajstić information content (AvgIpc) is 2.54. The van der Waals surface area contributed by atoms with Gasteiger partial charge in [0.1, 0.15) is 11.5 Å². The van der Waals surface area contributed by atoms with E-state index in [1.165, 1.54) is 25.3 Å². The molecule has 4 nitrogen and oxygen atoms in total. The number of pyridine rings is 1. The van der Waals surface area contributed by atoms with Crippen LogP contribution in [0.25, 0.3) is 10.9 Å². The van der Waals surface area contributed by atoms with Gasteiger partial charge >= 0.3 is 0 Å². The molecule has 0 atom stereocenters. The topological polar surface area (TPSA) is 51.5 Å². The van der Waals surface area contributed by atoms with Crippen molar-refractivity contribution in [3.63, 3.8) is 0 Å². The van der Waals surface area contributed by atoms with Gasteiger partial charge in [0.2, 0.25) is 0 Å². The predicted molar refractivity (Wildman–Crippen MR) is 94.4 cm³/mol. The van der Waals surface area contributed by atoms with Gasteiger partial charge in [0.15, 0.2) is 0 Å². The molecule has 2 rings (SSSR count). The van der Waals surface area contributed by atoms with Crippen LogP contribution in [0.15, 0.2) is 29.1 Å². The van der Waals surface area contributed by atoms with E-state index >= 15 is 0 Å². The van der Waals surface area contributed by atoms with E-state index in [1.54, 1.807) is 4.57 Å². The third kappa shape index (κ3) is 4.50. The molecule has 0 fully saturated rings. The molecule has 1 aromatic heterocycles. The first kappa shape index (κ1) is 17.4. The van der Waals surface area contributed by atoms with Crippen LogP contribution in [0.3, 0.4) is 0 Å². The molecule has 1 heterocycles. The van der Waals surface area contributed by atoms with Crippen molar-refractivity contribution in [2.75, 3.05) is 6.61 Å². The van der Waals surface area contributed by atoms with E-state index in [1.807, 2.05) is 18.2 Å². The number of aryl methyl sites for hydroxylation is 1. The minimum absolute atomic E-state index is 0.0345. The molecule has 0 radical (unpaired) electrons. The molecule has 126 valence electrons. The standard InChI is InChI=1S/C19H27NO3/c1-3-5-7-8-12-23-15-9-10-16-17(13-15)20(11-6-4-2)19(22)14-18(16)21/h9-10,13-14,21H,3-8,11-12H2,1-2H3. The molecule has 0 amide bonds. The summed E-state index contributed by atoms with van der Waals surface area (Å²) in [7, 11) is 0. The maximum absolute atomic E-state index is 12.2. The highest BCUT2D eigenvalue weighted by Gasteiger charge is 2.09. The number of benzene rings is 1. The van der Waals surface area contributed by atoms with Gasteiger partial charge in [-0.3, -0.25) is 4.79 Å². The Hall–Kier alpha value is -1.97. The lowest BCUT2D eigenvalue weighted by Gasteiger charge is -2.13. The van der Waals surface area contributed by atoms with Crippen LogP contribution in [-0.2, 0) is 6.54 Å². The zero-order valence-corrected chi connectivity index (χ0v) is 14.2. The van der Waals surface area contributed by atoms with Crippen molar-refractivity contribution in [2.45, 2.75) is 58.9 Å². The summed E-state index contributed by atoms with van der Waals surface area (Å²) in [5.41, 5.74) is 0.582. The SMILES string of the molecule is CCCCCCOc1ccc2c(O)cc(=O)n(CCCC)c2c1. The van der Waals surface area contributed by atoms with Crippen molar-refractivity contribution in [2.24, 2.45) is 0 Å². The fourth-order valence-corrected chi connectivity index (χ4v) is 2.70. The number of aromatic nitrogens is 1. The van der Waals surface area contributed by atoms with Gasteiger partial charge in [-0.05, 0) is 25.0 Å². The molecular formula is C19H27NO3. The van der Waals surface area contributed by atoms with Crippen molar-refractivity contribution < 1.29 is 9.84 Å². The molecule has 4 heteroatoms. The first-order chi connectivity index (χ1) is 11.2. The summed E-state index contributed by atoms with van der Waals surface area (Å²) in [5, 5.41) is 10.7. The zero-order chi connectivity index (χ0) is 16.7. The summed E-state index contributed by atoms with van der Waals surface area (Å²) in [6.07, 6.45) is 6.59. The first-order valence-corrected chi connectivity index (χ1v) is 8.66. The molecule has 0 unspecified atom stereocenters. The minimum atomic E-state index is -0.163. The van der Waals surface area contributed by atoms with E-state index in [9.17, 15) is 9.90 Å². The number of hydrogen-bond donors (Lipinski definition) is 1. The number of hydrogen-bond acceptors (Lipinski definition) is 3. The lowest BCUT2D eigenvalue weighted by Crippen LogP contribution is -2.19. The Bertz CT molecular complexity index is 691. The molecule has 1 aromatic carbocycles. The summed E-state index contributed by atoms with van der Waals surface area (Å²) in [4.78, 5) is 12.2. The van der Waals surface area contributed by atoms with Crippen LogP contribution < -0.4 is 10.3 Å². The van der Waals surface area contributed by atoms with Crippen LogP contribution in [0, 0.1) is 0 Å². The second kappa shape index (κ2) is 8.61. The summed E-state index contributed by atoms with van der Waals surface area (Å²) >= 11 is 0. The highest BCUT2D eigenvalue weighted by molar-refractivity contribution is 5.86. The smallest absolute Gasteiger partial charge is 0.254 e. The number of ether oxygens (including phenoxy) is 1. The second-order valence-corrected chi connectivity index (χ2v) is 5.96. The van der Waals surface area contributed by atoms with E-state index in [-0.39, 0.29) is 11.3 Å². The number of fused-ring (bicyclic) bond motifs is 1. The largest absolute Gasteiger partial charge is 0.507 e. The molecule has 0 aliphatic heterocycles. The van der Waals surface area contributed by atoms with Crippen molar-refractivity contribution in [1.29, 1.82) is 0 Å². The van der Waals surface area contributed by atoms with Gasteiger partial charge < -0.3 is 14.4 Å². The van der Waals surface area contributed by atoms with Gasteiger partial charge in [-0.15, -0.1) is 0 Å². The Morgan fingerprint density at radius 3 is 2.57 bits per heavy atom. The second-order valence-electron chi connectivity index (χ2n) is 5.96. The fourth-order valence-electron chi connectivity index (χ4n) is 2.70. The van der Waals surface area contributed by atoms with Crippen LogP contribution in [0.4, 0.5) is 0 Å². The molecule has 2 aromatic rings. The molecule has 1 N–H and O–H groups in total. The van der Waals surface area contributed by atoms with E-state index < -0.39 is 0 Å². The van der Waals surface area contributed by atoms with Crippen molar-refractivity contribution in [3.8, 4) is 11.5 Å². The van der Waals surface area contributed by atoms with Gasteiger partial charge in [-0.2, -0.15) is 0 Å². The molecule has 0 aliphatic rings. The molecular weight excluding hydrogens is 290 g/mol. The van der Waals surface area contributed by atoms with E-state index in [4.69, 9.17) is 4.74 Å². The van der Waals surface area contributed by atoms with Gasteiger partial charge in [0.05, 0.1) is 12.1 Å². The monoisotopic (exact) mass is 317 g/mol. The third-order valence-electron chi connectivity index (χ3n) is 4.06. The summed E-state index contributed by atoms with van der Waals surface area (Å²) in [6.45, 7) is 5.63. The van der Waals surface area contributed by atoms with Gasteiger partial charge in [-0.1, -0.05) is 39.5 Å². The minimum Gasteiger partial charge on any atom is -0.507 e. The first-order valence-electron chi connectivity index (χ1n) is 8.66. The maximum atomic E-state index is 12.2. The highest BCUT2D eigenvalue weighted by atomic mass is 16.5. The zero-order valence-electron chi connectivity index (χ0n) is 14.2. The van der Waals surface area contributed by atoms with E-state index in [0.29, 0.717) is 18.5 Å². The quantitative estimate of drug-likeness (QED) is 0.694. The lowest BCUT2D eigenvalue weighted by molar-refractivity contribution is 0.305. The maximum Gasteiger partial charge on any atom is 0.254 e. The Morgan fingerprint density at radius 2 is 1.83 bits per heavy atom. The van der Waals surface area contributed by atoms with E-state index in [0.717, 1.165) is 30.5 Å². The van der Waals surface area contributed by atoms with Crippen LogP contribution in [0.2, 0.25) is 0 Å². The number of rotatable bonds is 9. The van der Waals surface area contributed by atoms with Crippen LogP contribution in [0.5, 0.6) is 11.5 Å². The van der Waals surface area contributed by atoms with Crippen molar-refractivity contribution in [3.05, 3.63) is 34.6 Å². The number of unbranched alkanes of at least 4 members (excludes halogenated alkanes) is 4. The van der Waals surface area contributed by atoms with Gasteiger partial charge in [-0.25, -0.2) is 0 Å². The predicted octanol–water partition coefficient (Wildman–Crippen LogP) is 4.47. The van der Waals surface area contributed by atoms with Gasteiger partial charge in [0, 0.05) is 24.1 Å². The molecule has 0 spiro atoms. The summed E-state index contributed by atoms with van der Waals surface area (Å²) in [5.74, 6) is 0.788. The van der Waals surface area contributed by atoms with Crippen molar-refractivity contribution >= 4 is 10.9 Å². The van der Waals surface area contributed by atoms with E-state index in [2.05, 4.69) is 13.8 Å². The Kier molecular flexibility index (Phi) is 6.51. The number of nitrogens with zero attached hydrogens (tertiary/aromatic N) is 1. The number of aromatic hydroxyl groups is 1. The van der Waals surface area contributed by atoms with Crippen LogP contribution >= 0.6 is 0 Å². The summed E-state index contributed by atoms with van der Waals surface area (Å²) < 4.78 is 7.53. The highest BCUT2D eigenvalue weighted by Crippen LogP contribution is 2.26. The lowest BCUT2D eigenvalue weighted by atomic mass is 10.1. The molecule has 0 bridgehead atoms. The summed E-state index contributed by atoms with van der Waals surface area (Å²) in [6, 6.07) is 6.85. The van der Waals surface area contributed by atoms with Crippen molar-refractivity contribution in [1.82, 2.24) is 4.57 Å². The van der Waals surface area contributed by atoms with Crippen LogP contribution in [0.1, 0.15) is 52.4 Å². The normalized spacial score (nSPS) is 11.0. The molecule has 0 aliphatic carbocycles. The average molecular weight is 317 g/mol. The third-order valence-corrected chi connectivity index (χ3v) is 4.06. The molecule has 0 saturated carbocycles. The van der Waals surface area contributed by atoms with Crippen LogP contribution in [-0.4, -0.2) is 16.3 Å².